The summed E-state index contributed by atoms with van der Waals surface area (Å²) in [5.41, 5.74) is 1.98. The molecule has 0 aliphatic rings. The summed E-state index contributed by atoms with van der Waals surface area (Å²) in [5.74, 6) is 2.26. The molecule has 19 heavy (non-hydrogen) atoms. The number of para-hydroxylation sites is 1. The van der Waals surface area contributed by atoms with Gasteiger partial charge in [0, 0.05) is 11.8 Å². The summed E-state index contributed by atoms with van der Waals surface area (Å²) in [6, 6.07) is 9.65. The highest BCUT2D eigenvalue weighted by atomic mass is 35.5. The number of nitrogens with zero attached hydrogens (tertiary/aromatic N) is 2. The number of ether oxygens (including phenoxy) is 1. The lowest BCUT2D eigenvalue weighted by atomic mass is 10.1. The van der Waals surface area contributed by atoms with Gasteiger partial charge in [0.05, 0.1) is 11.6 Å². The zero-order valence-electron chi connectivity index (χ0n) is 11.1. The summed E-state index contributed by atoms with van der Waals surface area (Å²) in [4.78, 5) is 8.82. The summed E-state index contributed by atoms with van der Waals surface area (Å²) < 4.78 is 5.64. The van der Waals surface area contributed by atoms with E-state index >= 15 is 0 Å². The van der Waals surface area contributed by atoms with Gasteiger partial charge in [-0.15, -0.1) is 11.6 Å². The molecule has 0 N–H and O–H groups in total. The van der Waals surface area contributed by atoms with Crippen molar-refractivity contribution in [2.75, 3.05) is 0 Å². The van der Waals surface area contributed by atoms with Crippen molar-refractivity contribution in [3.8, 4) is 5.75 Å². The Balaban J connectivity index is 2.11. The number of hydrogen-bond acceptors (Lipinski definition) is 3. The van der Waals surface area contributed by atoms with Gasteiger partial charge in [-0.3, -0.25) is 0 Å². The third kappa shape index (κ3) is 3.67. The van der Waals surface area contributed by atoms with Crippen LogP contribution in [-0.2, 0) is 12.5 Å². The molecule has 100 valence electrons. The van der Waals surface area contributed by atoms with E-state index in [1.54, 1.807) is 6.20 Å². The van der Waals surface area contributed by atoms with Crippen molar-refractivity contribution in [2.45, 2.75) is 32.3 Å². The molecule has 0 aliphatic heterocycles. The molecule has 0 aliphatic carbocycles. The van der Waals surface area contributed by atoms with Crippen LogP contribution in [-0.4, -0.2) is 9.97 Å². The molecule has 0 amide bonds. The van der Waals surface area contributed by atoms with Crippen LogP contribution >= 0.6 is 11.6 Å². The number of benzene rings is 1. The molecule has 0 saturated heterocycles. The minimum atomic E-state index is 0.326. The van der Waals surface area contributed by atoms with Gasteiger partial charge in [-0.2, -0.15) is 0 Å². The molecule has 0 saturated carbocycles. The number of halogens is 1. The van der Waals surface area contributed by atoms with Crippen molar-refractivity contribution < 1.29 is 4.74 Å². The van der Waals surface area contributed by atoms with Crippen molar-refractivity contribution in [3.63, 3.8) is 0 Å². The maximum Gasteiger partial charge on any atom is 0.166 e. The average molecular weight is 277 g/mol. The fourth-order valence-corrected chi connectivity index (χ4v) is 2.00. The number of aromatic nitrogens is 2. The predicted octanol–water partition coefficient (Wildman–Crippen LogP) is 3.92. The van der Waals surface area contributed by atoms with Crippen molar-refractivity contribution >= 4 is 11.6 Å². The van der Waals surface area contributed by atoms with Crippen molar-refractivity contribution in [1.82, 2.24) is 9.97 Å². The van der Waals surface area contributed by atoms with Crippen LogP contribution in [0, 0.1) is 0 Å². The molecule has 1 aromatic carbocycles. The van der Waals surface area contributed by atoms with E-state index in [2.05, 4.69) is 23.8 Å². The summed E-state index contributed by atoms with van der Waals surface area (Å²) in [5, 5.41) is 0. The summed E-state index contributed by atoms with van der Waals surface area (Å²) in [6.07, 6.45) is 1.79. The van der Waals surface area contributed by atoms with Gasteiger partial charge in [-0.1, -0.05) is 32.0 Å². The number of hydrogen-bond donors (Lipinski definition) is 0. The highest BCUT2D eigenvalue weighted by Crippen LogP contribution is 2.19. The first kappa shape index (κ1) is 13.8. The van der Waals surface area contributed by atoms with Crippen molar-refractivity contribution in [1.29, 1.82) is 0 Å². The number of rotatable bonds is 5. The van der Waals surface area contributed by atoms with Gasteiger partial charge in [0.15, 0.2) is 5.82 Å². The quantitative estimate of drug-likeness (QED) is 0.777. The molecule has 2 aromatic rings. The molecule has 2 rings (SSSR count). The Morgan fingerprint density at radius 2 is 1.95 bits per heavy atom. The Morgan fingerprint density at radius 3 is 2.58 bits per heavy atom. The van der Waals surface area contributed by atoms with E-state index in [0.29, 0.717) is 24.2 Å². The van der Waals surface area contributed by atoms with Gasteiger partial charge in [-0.25, -0.2) is 9.97 Å². The SMILES string of the molecule is CC(C)c1nc(COc2ccccc2)ncc1CCl. The smallest absolute Gasteiger partial charge is 0.166 e. The molecule has 0 radical (unpaired) electrons. The first-order valence-electron chi connectivity index (χ1n) is 6.29. The van der Waals surface area contributed by atoms with Gasteiger partial charge in [0.2, 0.25) is 0 Å². The lowest BCUT2D eigenvalue weighted by Gasteiger charge is -2.11. The second-order valence-electron chi connectivity index (χ2n) is 4.59. The molecule has 0 atom stereocenters. The molecular weight excluding hydrogens is 260 g/mol. The van der Waals surface area contributed by atoms with Gasteiger partial charge in [0.25, 0.3) is 0 Å². The standard InChI is InChI=1S/C15H17ClN2O/c1-11(2)15-12(8-16)9-17-14(18-15)10-19-13-6-4-3-5-7-13/h3-7,9,11H,8,10H2,1-2H3. The van der Waals surface area contributed by atoms with Crippen molar-refractivity contribution in [3.05, 3.63) is 53.6 Å². The predicted molar refractivity (Wildman–Crippen MR) is 76.5 cm³/mol. The lowest BCUT2D eigenvalue weighted by molar-refractivity contribution is 0.295. The Labute approximate surface area is 118 Å². The second-order valence-corrected chi connectivity index (χ2v) is 4.85. The maximum atomic E-state index is 5.89. The Morgan fingerprint density at radius 1 is 1.21 bits per heavy atom. The maximum absolute atomic E-state index is 5.89. The molecule has 1 heterocycles. The van der Waals surface area contributed by atoms with Crippen LogP contribution in [0.3, 0.4) is 0 Å². The highest BCUT2D eigenvalue weighted by molar-refractivity contribution is 6.17. The first-order chi connectivity index (χ1) is 9.20. The average Bonchev–Trinajstić information content (AvgIpc) is 2.46. The molecule has 1 aromatic heterocycles. The molecule has 0 bridgehead atoms. The van der Waals surface area contributed by atoms with Crippen molar-refractivity contribution in [2.24, 2.45) is 0 Å². The largest absolute Gasteiger partial charge is 0.486 e. The molecule has 4 heteroatoms. The molecule has 0 spiro atoms. The van der Waals surface area contributed by atoms with E-state index in [9.17, 15) is 0 Å². The van der Waals surface area contributed by atoms with Crippen LogP contribution in [0.1, 0.15) is 36.8 Å². The van der Waals surface area contributed by atoms with Crippen LogP contribution in [0.25, 0.3) is 0 Å². The second kappa shape index (κ2) is 6.53. The minimum Gasteiger partial charge on any atom is -0.486 e. The van der Waals surface area contributed by atoms with E-state index < -0.39 is 0 Å². The number of alkyl halides is 1. The molecule has 3 nitrogen and oxygen atoms in total. The van der Waals surface area contributed by atoms with Gasteiger partial charge in [-0.05, 0) is 18.1 Å². The van der Waals surface area contributed by atoms with Crippen LogP contribution in [0.15, 0.2) is 36.5 Å². The van der Waals surface area contributed by atoms with Gasteiger partial charge < -0.3 is 4.74 Å². The van der Waals surface area contributed by atoms with E-state index in [0.717, 1.165) is 17.0 Å². The summed E-state index contributed by atoms with van der Waals surface area (Å²) >= 11 is 5.89. The zero-order valence-corrected chi connectivity index (χ0v) is 11.9. The summed E-state index contributed by atoms with van der Waals surface area (Å²) in [6.45, 7) is 4.56. The van der Waals surface area contributed by atoms with Crippen LogP contribution < -0.4 is 4.74 Å². The normalized spacial score (nSPS) is 10.7. The van der Waals surface area contributed by atoms with Crippen LogP contribution in [0.2, 0.25) is 0 Å². The molecule has 0 unspecified atom stereocenters. The van der Waals surface area contributed by atoms with E-state index in [-0.39, 0.29) is 0 Å². The Hall–Kier alpha value is -1.61. The monoisotopic (exact) mass is 276 g/mol. The summed E-state index contributed by atoms with van der Waals surface area (Å²) in [7, 11) is 0. The minimum absolute atomic E-state index is 0.326. The molecular formula is C15H17ClN2O. The third-order valence-electron chi connectivity index (χ3n) is 2.75. The lowest BCUT2D eigenvalue weighted by Crippen LogP contribution is -2.07. The van der Waals surface area contributed by atoms with E-state index in [1.165, 1.54) is 0 Å². The highest BCUT2D eigenvalue weighted by Gasteiger charge is 2.10. The van der Waals surface area contributed by atoms with Gasteiger partial charge in [0.1, 0.15) is 12.4 Å². The third-order valence-corrected chi connectivity index (χ3v) is 3.04. The Kier molecular flexibility index (Phi) is 4.74. The molecule has 0 fully saturated rings. The van der Waals surface area contributed by atoms with E-state index in [1.807, 2.05) is 30.3 Å². The van der Waals surface area contributed by atoms with E-state index in [4.69, 9.17) is 16.3 Å². The topological polar surface area (TPSA) is 35.0 Å². The fourth-order valence-electron chi connectivity index (χ4n) is 1.80. The Bertz CT molecular complexity index is 529. The fraction of sp³-hybridized carbons (Fsp3) is 0.333. The van der Waals surface area contributed by atoms with Crippen LogP contribution in [0.5, 0.6) is 5.75 Å². The van der Waals surface area contributed by atoms with Crippen LogP contribution in [0.4, 0.5) is 0 Å². The van der Waals surface area contributed by atoms with Gasteiger partial charge >= 0.3 is 0 Å². The first-order valence-corrected chi connectivity index (χ1v) is 6.82. The zero-order chi connectivity index (χ0) is 13.7.